The Hall–Kier alpha value is -2.05. The number of anilines is 1. The van der Waals surface area contributed by atoms with Crippen LogP contribution in [0.25, 0.3) is 0 Å². The van der Waals surface area contributed by atoms with E-state index in [-0.39, 0.29) is 4.90 Å². The SMILES string of the molecule is COc1ccc(C)cc1S(=O)(=O)NCCCc1ccc(N(C)C)cc1. The molecule has 0 spiro atoms. The zero-order chi connectivity index (χ0) is 18.4. The average molecular weight is 362 g/mol. The molecule has 136 valence electrons. The maximum absolute atomic E-state index is 12.5. The Bertz CT molecular complexity index is 800. The van der Waals surface area contributed by atoms with E-state index in [2.05, 4.69) is 29.0 Å². The number of ether oxygens (including phenoxy) is 1. The van der Waals surface area contributed by atoms with Gasteiger partial charge in [0.25, 0.3) is 0 Å². The van der Waals surface area contributed by atoms with Crippen LogP contribution in [0.5, 0.6) is 5.75 Å². The first-order valence-corrected chi connectivity index (χ1v) is 9.72. The Balaban J connectivity index is 1.93. The van der Waals surface area contributed by atoms with E-state index in [4.69, 9.17) is 4.74 Å². The third-order valence-electron chi connectivity index (χ3n) is 4.00. The second-order valence-electron chi connectivity index (χ2n) is 6.22. The molecule has 0 fully saturated rings. The molecule has 0 aliphatic rings. The summed E-state index contributed by atoms with van der Waals surface area (Å²) in [6.07, 6.45) is 1.55. The number of hydrogen-bond acceptors (Lipinski definition) is 4. The van der Waals surface area contributed by atoms with Crippen molar-refractivity contribution in [1.82, 2.24) is 4.72 Å². The molecule has 0 aromatic heterocycles. The number of methoxy groups -OCH3 is 1. The first-order chi connectivity index (χ1) is 11.8. The van der Waals surface area contributed by atoms with E-state index in [9.17, 15) is 8.42 Å². The standard InChI is InChI=1S/C19H26N2O3S/c1-15-7-12-18(24-4)19(14-15)25(22,23)20-13-5-6-16-8-10-17(11-9-16)21(2)3/h7-12,14,20H,5-6,13H2,1-4H3. The van der Waals surface area contributed by atoms with Crippen molar-refractivity contribution in [3.05, 3.63) is 53.6 Å². The van der Waals surface area contributed by atoms with Crippen LogP contribution in [0.1, 0.15) is 17.5 Å². The summed E-state index contributed by atoms with van der Waals surface area (Å²) in [5, 5.41) is 0. The van der Waals surface area contributed by atoms with E-state index in [0.29, 0.717) is 12.3 Å². The van der Waals surface area contributed by atoms with Crippen molar-refractivity contribution in [2.75, 3.05) is 32.6 Å². The van der Waals surface area contributed by atoms with Crippen LogP contribution in [0.15, 0.2) is 47.4 Å². The van der Waals surface area contributed by atoms with Crippen LogP contribution in [0.2, 0.25) is 0 Å². The van der Waals surface area contributed by atoms with Crippen molar-refractivity contribution in [2.45, 2.75) is 24.7 Å². The highest BCUT2D eigenvalue weighted by atomic mass is 32.2. The first-order valence-electron chi connectivity index (χ1n) is 8.24. The van der Waals surface area contributed by atoms with Crippen LogP contribution in [0, 0.1) is 6.92 Å². The monoisotopic (exact) mass is 362 g/mol. The number of nitrogens with one attached hydrogen (secondary N) is 1. The van der Waals surface area contributed by atoms with Gasteiger partial charge in [0, 0.05) is 26.3 Å². The number of rotatable bonds is 8. The van der Waals surface area contributed by atoms with Crippen molar-refractivity contribution < 1.29 is 13.2 Å². The van der Waals surface area contributed by atoms with Crippen molar-refractivity contribution >= 4 is 15.7 Å². The smallest absolute Gasteiger partial charge is 0.244 e. The highest BCUT2D eigenvalue weighted by Crippen LogP contribution is 2.24. The molecule has 2 rings (SSSR count). The molecular weight excluding hydrogens is 336 g/mol. The van der Waals surface area contributed by atoms with Crippen LogP contribution in [-0.4, -0.2) is 36.2 Å². The molecular formula is C19H26N2O3S. The van der Waals surface area contributed by atoms with Crippen molar-refractivity contribution in [3.63, 3.8) is 0 Å². The zero-order valence-electron chi connectivity index (χ0n) is 15.2. The molecule has 6 heteroatoms. The number of sulfonamides is 1. The van der Waals surface area contributed by atoms with E-state index >= 15 is 0 Å². The van der Waals surface area contributed by atoms with Crippen molar-refractivity contribution in [2.24, 2.45) is 0 Å². The molecule has 0 heterocycles. The summed E-state index contributed by atoms with van der Waals surface area (Å²) in [5.74, 6) is 0.359. The lowest BCUT2D eigenvalue weighted by Crippen LogP contribution is -2.25. The van der Waals surface area contributed by atoms with Gasteiger partial charge in [0.15, 0.2) is 0 Å². The summed E-state index contributed by atoms with van der Waals surface area (Å²) >= 11 is 0. The minimum absolute atomic E-state index is 0.185. The van der Waals surface area contributed by atoms with Gasteiger partial charge in [-0.05, 0) is 55.2 Å². The third-order valence-corrected chi connectivity index (χ3v) is 5.48. The Morgan fingerprint density at radius 3 is 2.36 bits per heavy atom. The average Bonchev–Trinajstić information content (AvgIpc) is 2.59. The Labute approximate surface area is 150 Å². The van der Waals surface area contributed by atoms with Gasteiger partial charge in [-0.1, -0.05) is 18.2 Å². The topological polar surface area (TPSA) is 58.6 Å². The second kappa shape index (κ2) is 8.36. The molecule has 0 bridgehead atoms. The van der Waals surface area contributed by atoms with Crippen LogP contribution in [0.4, 0.5) is 5.69 Å². The van der Waals surface area contributed by atoms with Crippen LogP contribution < -0.4 is 14.4 Å². The summed E-state index contributed by atoms with van der Waals surface area (Å²) in [6, 6.07) is 13.4. The molecule has 0 saturated carbocycles. The third kappa shape index (κ3) is 5.21. The summed E-state index contributed by atoms with van der Waals surface area (Å²) in [5.41, 5.74) is 3.22. The zero-order valence-corrected chi connectivity index (χ0v) is 16.1. The fourth-order valence-electron chi connectivity index (χ4n) is 2.53. The maximum Gasteiger partial charge on any atom is 0.244 e. The maximum atomic E-state index is 12.5. The van der Waals surface area contributed by atoms with Crippen molar-refractivity contribution in [1.29, 1.82) is 0 Å². The lowest BCUT2D eigenvalue weighted by atomic mass is 10.1. The van der Waals surface area contributed by atoms with E-state index in [0.717, 1.165) is 24.1 Å². The highest BCUT2D eigenvalue weighted by molar-refractivity contribution is 7.89. The van der Waals surface area contributed by atoms with Gasteiger partial charge in [0.05, 0.1) is 7.11 Å². The Morgan fingerprint density at radius 2 is 1.76 bits per heavy atom. The van der Waals surface area contributed by atoms with Gasteiger partial charge in [-0.15, -0.1) is 0 Å². The fourth-order valence-corrected chi connectivity index (χ4v) is 3.86. The molecule has 2 aromatic rings. The quantitative estimate of drug-likeness (QED) is 0.734. The van der Waals surface area contributed by atoms with Gasteiger partial charge in [-0.3, -0.25) is 0 Å². The molecule has 0 unspecified atom stereocenters. The van der Waals surface area contributed by atoms with Gasteiger partial charge in [0.2, 0.25) is 10.0 Å². The Kier molecular flexibility index (Phi) is 6.45. The van der Waals surface area contributed by atoms with Crippen LogP contribution >= 0.6 is 0 Å². The van der Waals surface area contributed by atoms with Gasteiger partial charge in [-0.25, -0.2) is 13.1 Å². The van der Waals surface area contributed by atoms with Gasteiger partial charge in [-0.2, -0.15) is 0 Å². The molecule has 0 radical (unpaired) electrons. The van der Waals surface area contributed by atoms with E-state index in [1.807, 2.05) is 32.0 Å². The molecule has 0 atom stereocenters. The molecule has 25 heavy (non-hydrogen) atoms. The lowest BCUT2D eigenvalue weighted by molar-refractivity contribution is 0.402. The van der Waals surface area contributed by atoms with Crippen molar-refractivity contribution in [3.8, 4) is 5.75 Å². The van der Waals surface area contributed by atoms with E-state index < -0.39 is 10.0 Å². The summed E-state index contributed by atoms with van der Waals surface area (Å²) in [6.45, 7) is 2.24. The Morgan fingerprint density at radius 1 is 1.08 bits per heavy atom. The predicted molar refractivity (Wildman–Crippen MR) is 102 cm³/mol. The lowest BCUT2D eigenvalue weighted by Gasteiger charge is -2.13. The van der Waals surface area contributed by atoms with Gasteiger partial charge < -0.3 is 9.64 Å². The van der Waals surface area contributed by atoms with Crippen LogP contribution in [0.3, 0.4) is 0 Å². The molecule has 0 aliphatic heterocycles. The fraction of sp³-hybridized carbons (Fsp3) is 0.368. The number of hydrogen-bond donors (Lipinski definition) is 1. The molecule has 2 aromatic carbocycles. The minimum Gasteiger partial charge on any atom is -0.495 e. The predicted octanol–water partition coefficient (Wildman–Crippen LogP) is 2.98. The van der Waals surface area contributed by atoms with Gasteiger partial charge >= 0.3 is 0 Å². The first kappa shape index (κ1) is 19.3. The van der Waals surface area contributed by atoms with E-state index in [1.165, 1.54) is 12.7 Å². The summed E-state index contributed by atoms with van der Waals surface area (Å²) < 4.78 is 32.8. The molecule has 0 amide bonds. The normalized spacial score (nSPS) is 11.4. The second-order valence-corrected chi connectivity index (χ2v) is 7.95. The number of benzene rings is 2. The largest absolute Gasteiger partial charge is 0.495 e. The van der Waals surface area contributed by atoms with Crippen LogP contribution in [-0.2, 0) is 16.4 Å². The molecule has 0 aliphatic carbocycles. The number of aryl methyl sites for hydroxylation is 2. The number of nitrogens with zero attached hydrogens (tertiary/aromatic N) is 1. The molecule has 0 saturated heterocycles. The van der Waals surface area contributed by atoms with E-state index in [1.54, 1.807) is 12.1 Å². The summed E-state index contributed by atoms with van der Waals surface area (Å²) in [7, 11) is 1.90. The minimum atomic E-state index is -3.58. The summed E-state index contributed by atoms with van der Waals surface area (Å²) in [4.78, 5) is 2.23. The molecule has 1 N–H and O–H groups in total. The highest BCUT2D eigenvalue weighted by Gasteiger charge is 2.18. The van der Waals surface area contributed by atoms with Gasteiger partial charge in [0.1, 0.15) is 10.6 Å². The molecule has 5 nitrogen and oxygen atoms in total.